The van der Waals surface area contributed by atoms with E-state index >= 15 is 0 Å². The van der Waals surface area contributed by atoms with Gasteiger partial charge >= 0.3 is 0 Å². The number of nitrogens with one attached hydrogen (secondary N) is 1. The molecule has 2 rings (SSSR count). The second-order valence-corrected chi connectivity index (χ2v) is 5.84. The van der Waals surface area contributed by atoms with Crippen molar-refractivity contribution in [3.8, 4) is 0 Å². The summed E-state index contributed by atoms with van der Waals surface area (Å²) < 4.78 is 10.2. The minimum Gasteiger partial charge on any atom is -0.382 e. The van der Waals surface area contributed by atoms with Crippen LogP contribution in [0.1, 0.15) is 35.4 Å². The van der Waals surface area contributed by atoms with Crippen LogP contribution in [0.3, 0.4) is 0 Å². The summed E-state index contributed by atoms with van der Waals surface area (Å²) >= 11 is 1.52. The first-order valence-electron chi connectivity index (χ1n) is 7.57. The number of carbonyl (C=O) groups is 1. The van der Waals surface area contributed by atoms with Gasteiger partial charge in [0.25, 0.3) is 5.91 Å². The molecule has 23 heavy (non-hydrogen) atoms. The molecule has 0 aliphatic heterocycles. The fourth-order valence-corrected chi connectivity index (χ4v) is 2.83. The largest absolute Gasteiger partial charge is 0.382 e. The normalized spacial score (nSPS) is 10.7. The maximum Gasteiger partial charge on any atom is 0.252 e. The van der Waals surface area contributed by atoms with Crippen molar-refractivity contribution in [3.63, 3.8) is 0 Å². The molecule has 0 atom stereocenters. The zero-order chi connectivity index (χ0) is 16.5. The van der Waals surface area contributed by atoms with Crippen LogP contribution in [0.5, 0.6) is 0 Å². The summed E-state index contributed by atoms with van der Waals surface area (Å²) in [6.07, 6.45) is 0.803. The van der Waals surface area contributed by atoms with E-state index in [0.29, 0.717) is 42.8 Å². The third-order valence-corrected chi connectivity index (χ3v) is 4.08. The van der Waals surface area contributed by atoms with Crippen LogP contribution in [0.15, 0.2) is 33.7 Å². The van der Waals surface area contributed by atoms with Crippen molar-refractivity contribution in [2.75, 3.05) is 19.8 Å². The number of ether oxygens (including phenoxy) is 1. The quantitative estimate of drug-likeness (QED) is 0.561. The van der Waals surface area contributed by atoms with Gasteiger partial charge in [0.05, 0.1) is 11.3 Å². The Bertz CT molecular complexity index is 631. The molecule has 6 nitrogen and oxygen atoms in total. The summed E-state index contributed by atoms with van der Waals surface area (Å²) in [7, 11) is 0. The summed E-state index contributed by atoms with van der Waals surface area (Å²) in [6, 6.07) is 7.52. The zero-order valence-electron chi connectivity index (χ0n) is 13.4. The van der Waals surface area contributed by atoms with Gasteiger partial charge in [-0.3, -0.25) is 4.79 Å². The first kappa shape index (κ1) is 17.5. The van der Waals surface area contributed by atoms with E-state index in [2.05, 4.69) is 15.5 Å². The third kappa shape index (κ3) is 5.69. The molecule has 0 saturated heterocycles. The molecule has 0 spiro atoms. The number of amides is 1. The van der Waals surface area contributed by atoms with E-state index < -0.39 is 0 Å². The lowest BCUT2D eigenvalue weighted by atomic mass is 10.2. The number of thioether (sulfide) groups is 1. The Hall–Kier alpha value is -1.86. The van der Waals surface area contributed by atoms with Crippen LogP contribution in [-0.2, 0) is 10.5 Å². The smallest absolute Gasteiger partial charge is 0.252 e. The molecule has 0 fully saturated rings. The average Bonchev–Trinajstić information content (AvgIpc) is 2.98. The molecule has 1 aromatic heterocycles. The molecular formula is C16H21N3O3S. The Morgan fingerprint density at radius 3 is 2.96 bits per heavy atom. The van der Waals surface area contributed by atoms with E-state index in [1.165, 1.54) is 11.8 Å². The molecule has 0 radical (unpaired) electrons. The van der Waals surface area contributed by atoms with Gasteiger partial charge in [0.15, 0.2) is 5.82 Å². The van der Waals surface area contributed by atoms with Crippen molar-refractivity contribution in [2.24, 2.45) is 0 Å². The molecule has 0 bridgehead atoms. The van der Waals surface area contributed by atoms with Gasteiger partial charge in [-0.05, 0) is 25.5 Å². The summed E-state index contributed by atoms with van der Waals surface area (Å²) in [5.74, 6) is 1.65. The van der Waals surface area contributed by atoms with Crippen molar-refractivity contribution in [1.82, 2.24) is 15.5 Å². The van der Waals surface area contributed by atoms with Crippen LogP contribution >= 0.6 is 11.8 Å². The Balaban J connectivity index is 1.89. The zero-order valence-corrected chi connectivity index (χ0v) is 14.2. The van der Waals surface area contributed by atoms with Gasteiger partial charge in [0, 0.05) is 31.6 Å². The maximum absolute atomic E-state index is 12.3. The summed E-state index contributed by atoms with van der Waals surface area (Å²) in [5, 5.41) is 6.78. The third-order valence-electron chi connectivity index (χ3n) is 3.01. The Labute approximate surface area is 140 Å². The topological polar surface area (TPSA) is 77.2 Å². The Morgan fingerprint density at radius 2 is 2.22 bits per heavy atom. The lowest BCUT2D eigenvalue weighted by molar-refractivity contribution is 0.0941. The van der Waals surface area contributed by atoms with E-state index in [1.807, 2.05) is 31.2 Å². The highest BCUT2D eigenvalue weighted by Gasteiger charge is 2.12. The van der Waals surface area contributed by atoms with Crippen molar-refractivity contribution in [1.29, 1.82) is 0 Å². The van der Waals surface area contributed by atoms with Gasteiger partial charge in [0.1, 0.15) is 0 Å². The second kappa shape index (κ2) is 9.32. The predicted molar refractivity (Wildman–Crippen MR) is 88.5 cm³/mol. The molecule has 0 aliphatic carbocycles. The molecule has 2 aromatic rings. The molecule has 1 N–H and O–H groups in total. The van der Waals surface area contributed by atoms with Crippen LogP contribution in [0.25, 0.3) is 0 Å². The van der Waals surface area contributed by atoms with Crippen LogP contribution in [-0.4, -0.2) is 35.8 Å². The van der Waals surface area contributed by atoms with E-state index in [0.717, 1.165) is 11.3 Å². The number of benzene rings is 1. The van der Waals surface area contributed by atoms with Crippen LogP contribution in [0, 0.1) is 6.92 Å². The Kier molecular flexibility index (Phi) is 7.09. The molecule has 0 saturated carbocycles. The summed E-state index contributed by atoms with van der Waals surface area (Å²) in [5.41, 5.74) is 0.661. The highest BCUT2D eigenvalue weighted by atomic mass is 32.2. The maximum atomic E-state index is 12.3. The first-order chi connectivity index (χ1) is 11.2. The van der Waals surface area contributed by atoms with Gasteiger partial charge in [-0.25, -0.2) is 0 Å². The number of hydrogen-bond acceptors (Lipinski definition) is 6. The number of aryl methyl sites for hydroxylation is 1. The van der Waals surface area contributed by atoms with Crippen molar-refractivity contribution in [3.05, 3.63) is 41.5 Å². The van der Waals surface area contributed by atoms with Gasteiger partial charge in [-0.1, -0.05) is 17.3 Å². The number of aromatic nitrogens is 2. The van der Waals surface area contributed by atoms with Gasteiger partial charge in [-0.2, -0.15) is 4.98 Å². The molecule has 1 aromatic carbocycles. The van der Waals surface area contributed by atoms with Gasteiger partial charge in [-0.15, -0.1) is 11.8 Å². The van der Waals surface area contributed by atoms with E-state index in [4.69, 9.17) is 9.26 Å². The molecule has 0 unspecified atom stereocenters. The van der Waals surface area contributed by atoms with Gasteiger partial charge < -0.3 is 14.6 Å². The van der Waals surface area contributed by atoms with Crippen molar-refractivity contribution in [2.45, 2.75) is 30.9 Å². The van der Waals surface area contributed by atoms with Crippen LogP contribution in [0.2, 0.25) is 0 Å². The SMILES string of the molecule is CCOCCCNC(=O)c1ccccc1SCc1noc(C)n1. The molecule has 1 amide bonds. The molecule has 124 valence electrons. The molecular weight excluding hydrogens is 314 g/mol. The highest BCUT2D eigenvalue weighted by molar-refractivity contribution is 7.98. The number of rotatable bonds is 9. The summed E-state index contributed by atoms with van der Waals surface area (Å²) in [4.78, 5) is 17.4. The fraction of sp³-hybridized carbons (Fsp3) is 0.438. The molecule has 0 aliphatic rings. The van der Waals surface area contributed by atoms with Crippen molar-refractivity contribution >= 4 is 17.7 Å². The minimum absolute atomic E-state index is 0.0751. The Morgan fingerprint density at radius 1 is 1.39 bits per heavy atom. The highest BCUT2D eigenvalue weighted by Crippen LogP contribution is 2.25. The standard InChI is InChI=1S/C16H21N3O3S/c1-3-21-10-6-9-17-16(20)13-7-4-5-8-14(13)23-11-15-18-12(2)22-19-15/h4-5,7-8H,3,6,9-11H2,1-2H3,(H,17,20). The lowest BCUT2D eigenvalue weighted by Gasteiger charge is -2.09. The average molecular weight is 335 g/mol. The van der Waals surface area contributed by atoms with Gasteiger partial charge in [0.2, 0.25) is 5.89 Å². The van der Waals surface area contributed by atoms with E-state index in [-0.39, 0.29) is 5.91 Å². The van der Waals surface area contributed by atoms with E-state index in [1.54, 1.807) is 6.92 Å². The van der Waals surface area contributed by atoms with Crippen LogP contribution < -0.4 is 5.32 Å². The number of nitrogens with zero attached hydrogens (tertiary/aromatic N) is 2. The molecule has 7 heteroatoms. The first-order valence-corrected chi connectivity index (χ1v) is 8.56. The van der Waals surface area contributed by atoms with Crippen molar-refractivity contribution < 1.29 is 14.1 Å². The minimum atomic E-state index is -0.0751. The fourth-order valence-electron chi connectivity index (χ4n) is 1.94. The van der Waals surface area contributed by atoms with E-state index in [9.17, 15) is 4.79 Å². The predicted octanol–water partition coefficient (Wildman–Crippen LogP) is 2.83. The monoisotopic (exact) mass is 335 g/mol. The van der Waals surface area contributed by atoms with Crippen LogP contribution in [0.4, 0.5) is 0 Å². The lowest BCUT2D eigenvalue weighted by Crippen LogP contribution is -2.25. The molecule has 1 heterocycles. The number of hydrogen-bond donors (Lipinski definition) is 1. The number of carbonyl (C=O) groups excluding carboxylic acids is 1. The second-order valence-electron chi connectivity index (χ2n) is 4.82. The summed E-state index contributed by atoms with van der Waals surface area (Å²) in [6.45, 7) is 5.66.